The second-order valence-electron chi connectivity index (χ2n) is 8.87. The van der Waals surface area contributed by atoms with Crippen LogP contribution in [0.25, 0.3) is 11.0 Å². The Bertz CT molecular complexity index is 968. The standard InChI is InChI=1S/C20H29N3O4Si/c1-20(2,3)28(4,5)27-13-12-22-14-8-6-7-9-15(14)23(19(22)26)16-10-11-17(24)21-18(16)25/h6-9,16H,10-13H2,1-5H3,(H,21,24,25). The fourth-order valence-electron chi connectivity index (χ4n) is 3.29. The molecule has 1 fully saturated rings. The van der Waals surface area contributed by atoms with Gasteiger partial charge in [0.2, 0.25) is 11.8 Å². The van der Waals surface area contributed by atoms with Gasteiger partial charge in [0.25, 0.3) is 0 Å². The van der Waals surface area contributed by atoms with E-state index < -0.39 is 20.3 Å². The van der Waals surface area contributed by atoms with Gasteiger partial charge in [-0.2, -0.15) is 0 Å². The SMILES string of the molecule is CC(C)(C)[Si](C)(C)OCCn1c(=O)n(C2CCC(=O)NC2=O)c2ccccc21. The molecule has 2 aromatic rings. The number of imidazole rings is 1. The van der Waals surface area contributed by atoms with Crippen molar-refractivity contribution in [3.05, 3.63) is 34.7 Å². The van der Waals surface area contributed by atoms with Crippen LogP contribution in [0.3, 0.4) is 0 Å². The highest BCUT2D eigenvalue weighted by molar-refractivity contribution is 6.74. The average molecular weight is 404 g/mol. The van der Waals surface area contributed by atoms with Crippen LogP contribution in [-0.4, -0.2) is 35.9 Å². The number of piperidine rings is 1. The van der Waals surface area contributed by atoms with Crippen LogP contribution in [0.4, 0.5) is 0 Å². The number of aromatic nitrogens is 2. The van der Waals surface area contributed by atoms with Gasteiger partial charge in [-0.15, -0.1) is 0 Å². The Kier molecular flexibility index (Phi) is 5.37. The summed E-state index contributed by atoms with van der Waals surface area (Å²) in [6.45, 7) is 11.8. The summed E-state index contributed by atoms with van der Waals surface area (Å²) >= 11 is 0. The summed E-state index contributed by atoms with van der Waals surface area (Å²) in [6, 6.07) is 6.78. The molecule has 152 valence electrons. The van der Waals surface area contributed by atoms with Gasteiger partial charge in [-0.1, -0.05) is 32.9 Å². The van der Waals surface area contributed by atoms with E-state index in [1.54, 1.807) is 4.57 Å². The molecule has 0 radical (unpaired) electrons. The second-order valence-corrected chi connectivity index (χ2v) is 13.7. The number of nitrogens with one attached hydrogen (secondary N) is 1. The first kappa shape index (κ1) is 20.5. The van der Waals surface area contributed by atoms with Gasteiger partial charge in [-0.25, -0.2) is 4.79 Å². The van der Waals surface area contributed by atoms with Crippen molar-refractivity contribution in [2.75, 3.05) is 6.61 Å². The van der Waals surface area contributed by atoms with Gasteiger partial charge in [-0.05, 0) is 36.7 Å². The van der Waals surface area contributed by atoms with Crippen molar-refractivity contribution in [2.24, 2.45) is 0 Å². The zero-order valence-electron chi connectivity index (χ0n) is 17.2. The Hall–Kier alpha value is -2.19. The van der Waals surface area contributed by atoms with Gasteiger partial charge in [0, 0.05) is 13.0 Å². The summed E-state index contributed by atoms with van der Waals surface area (Å²) in [4.78, 5) is 37.0. The molecule has 1 aliphatic heterocycles. The van der Waals surface area contributed by atoms with Crippen LogP contribution in [-0.2, 0) is 20.6 Å². The quantitative estimate of drug-likeness (QED) is 0.615. The fourth-order valence-corrected chi connectivity index (χ4v) is 4.32. The van der Waals surface area contributed by atoms with E-state index in [-0.39, 0.29) is 23.1 Å². The molecule has 1 atom stereocenters. The van der Waals surface area contributed by atoms with Crippen LogP contribution < -0.4 is 11.0 Å². The van der Waals surface area contributed by atoms with Gasteiger partial charge in [0.15, 0.2) is 8.32 Å². The van der Waals surface area contributed by atoms with Gasteiger partial charge < -0.3 is 4.43 Å². The number of carbonyl (C=O) groups is 2. The normalized spacial score (nSPS) is 18.5. The summed E-state index contributed by atoms with van der Waals surface area (Å²) in [5, 5.41) is 2.44. The Labute approximate surface area is 165 Å². The molecule has 0 spiro atoms. The van der Waals surface area contributed by atoms with E-state index in [9.17, 15) is 14.4 Å². The highest BCUT2D eigenvalue weighted by atomic mass is 28.4. The number of nitrogens with zero attached hydrogens (tertiary/aromatic N) is 2. The lowest BCUT2D eigenvalue weighted by Gasteiger charge is -2.36. The molecule has 8 heteroatoms. The zero-order chi connectivity index (χ0) is 20.7. The molecule has 0 aliphatic carbocycles. The maximum Gasteiger partial charge on any atom is 0.329 e. The maximum absolute atomic E-state index is 13.2. The molecule has 1 saturated heterocycles. The summed E-state index contributed by atoms with van der Waals surface area (Å²) in [7, 11) is -1.91. The minimum absolute atomic E-state index is 0.0959. The highest BCUT2D eigenvalue weighted by Gasteiger charge is 2.37. The summed E-state index contributed by atoms with van der Waals surface area (Å²) < 4.78 is 9.43. The monoisotopic (exact) mass is 403 g/mol. The third-order valence-electron chi connectivity index (χ3n) is 5.97. The molecule has 28 heavy (non-hydrogen) atoms. The summed E-state index contributed by atoms with van der Waals surface area (Å²) in [6.07, 6.45) is 0.565. The molecule has 2 amide bonds. The van der Waals surface area contributed by atoms with E-state index in [0.29, 0.717) is 25.1 Å². The molecule has 3 rings (SSSR count). The molecule has 1 unspecified atom stereocenters. The molecule has 0 saturated carbocycles. The Balaban J connectivity index is 1.92. The first-order chi connectivity index (χ1) is 13.0. The van der Waals surface area contributed by atoms with Crippen molar-refractivity contribution in [3.63, 3.8) is 0 Å². The van der Waals surface area contributed by atoms with Gasteiger partial charge in [0.1, 0.15) is 6.04 Å². The number of hydrogen-bond donors (Lipinski definition) is 1. The van der Waals surface area contributed by atoms with Crippen molar-refractivity contribution in [3.8, 4) is 0 Å². The largest absolute Gasteiger partial charge is 0.415 e. The first-order valence-electron chi connectivity index (χ1n) is 9.70. The summed E-state index contributed by atoms with van der Waals surface area (Å²) in [5.74, 6) is -0.709. The number of carbonyl (C=O) groups excluding carboxylic acids is 2. The van der Waals surface area contributed by atoms with Crippen LogP contribution >= 0.6 is 0 Å². The number of fused-ring (bicyclic) bond motifs is 1. The lowest BCUT2D eigenvalue weighted by Crippen LogP contribution is -2.45. The molecular weight excluding hydrogens is 374 g/mol. The van der Waals surface area contributed by atoms with Gasteiger partial charge in [-0.3, -0.25) is 24.0 Å². The van der Waals surface area contributed by atoms with Crippen LogP contribution in [0.15, 0.2) is 29.1 Å². The molecule has 7 nitrogen and oxygen atoms in total. The lowest BCUT2D eigenvalue weighted by molar-refractivity contribution is -0.135. The van der Waals surface area contributed by atoms with E-state index in [4.69, 9.17) is 4.43 Å². The molecular formula is C20H29N3O4Si. The van der Waals surface area contributed by atoms with Crippen molar-refractivity contribution in [1.29, 1.82) is 0 Å². The third kappa shape index (κ3) is 3.71. The number of para-hydroxylation sites is 2. The third-order valence-corrected chi connectivity index (χ3v) is 10.5. The Morgan fingerprint density at radius 1 is 1.14 bits per heavy atom. The molecule has 0 bridgehead atoms. The molecule has 1 aliphatic rings. The van der Waals surface area contributed by atoms with E-state index in [1.807, 2.05) is 24.3 Å². The van der Waals surface area contributed by atoms with E-state index in [1.165, 1.54) is 4.57 Å². The van der Waals surface area contributed by atoms with Crippen molar-refractivity contribution in [2.45, 2.75) is 64.3 Å². The molecule has 1 N–H and O–H groups in total. The molecule has 2 heterocycles. The molecule has 1 aromatic heterocycles. The van der Waals surface area contributed by atoms with Crippen molar-refractivity contribution < 1.29 is 14.0 Å². The Morgan fingerprint density at radius 3 is 2.39 bits per heavy atom. The number of imide groups is 1. The van der Waals surface area contributed by atoms with E-state index >= 15 is 0 Å². The number of benzene rings is 1. The van der Waals surface area contributed by atoms with Crippen molar-refractivity contribution in [1.82, 2.24) is 14.5 Å². The van der Waals surface area contributed by atoms with Crippen molar-refractivity contribution >= 4 is 31.2 Å². The Morgan fingerprint density at radius 2 is 1.79 bits per heavy atom. The van der Waals surface area contributed by atoms with Crippen LogP contribution in [0.2, 0.25) is 18.1 Å². The lowest BCUT2D eigenvalue weighted by atomic mass is 10.1. The van der Waals surface area contributed by atoms with Crippen LogP contribution in [0.5, 0.6) is 0 Å². The fraction of sp³-hybridized carbons (Fsp3) is 0.550. The predicted molar refractivity (Wildman–Crippen MR) is 111 cm³/mol. The average Bonchev–Trinajstić information content (AvgIpc) is 2.86. The van der Waals surface area contributed by atoms with Gasteiger partial charge in [0.05, 0.1) is 17.6 Å². The number of rotatable bonds is 5. The topological polar surface area (TPSA) is 82.3 Å². The zero-order valence-corrected chi connectivity index (χ0v) is 18.2. The van der Waals surface area contributed by atoms with E-state index in [0.717, 1.165) is 5.52 Å². The van der Waals surface area contributed by atoms with Crippen LogP contribution in [0, 0.1) is 0 Å². The van der Waals surface area contributed by atoms with Gasteiger partial charge >= 0.3 is 5.69 Å². The smallest absolute Gasteiger partial charge is 0.329 e. The highest BCUT2D eigenvalue weighted by Crippen LogP contribution is 2.36. The van der Waals surface area contributed by atoms with Crippen LogP contribution in [0.1, 0.15) is 39.7 Å². The second kappa shape index (κ2) is 7.33. The first-order valence-corrected chi connectivity index (χ1v) is 12.6. The minimum Gasteiger partial charge on any atom is -0.415 e. The van der Waals surface area contributed by atoms with E-state index in [2.05, 4.69) is 39.2 Å². The maximum atomic E-state index is 13.2. The summed E-state index contributed by atoms with van der Waals surface area (Å²) in [5.41, 5.74) is 1.24. The minimum atomic E-state index is -1.91. The molecule has 1 aromatic carbocycles. The number of hydrogen-bond acceptors (Lipinski definition) is 4. The predicted octanol–water partition coefficient (Wildman–Crippen LogP) is 2.80. The number of amides is 2.